The van der Waals surface area contributed by atoms with Crippen molar-refractivity contribution < 1.29 is 4.74 Å². The third-order valence-electron chi connectivity index (χ3n) is 2.76. The molecule has 2 heterocycles. The highest BCUT2D eigenvalue weighted by Gasteiger charge is 2.07. The molecule has 0 fully saturated rings. The Morgan fingerprint density at radius 1 is 1.40 bits per heavy atom. The average Bonchev–Trinajstić information content (AvgIpc) is 3.05. The van der Waals surface area contributed by atoms with E-state index in [1.54, 1.807) is 18.4 Å². The van der Waals surface area contributed by atoms with Crippen LogP contribution in [0.4, 0.5) is 0 Å². The molecule has 0 saturated carbocycles. The molecule has 6 nitrogen and oxygen atoms in total. The first-order valence-corrected chi connectivity index (χ1v) is 7.60. The molecule has 0 saturated heterocycles. The smallest absolute Gasteiger partial charge is 0.0965 e. The molecule has 0 unspecified atom stereocenters. The van der Waals surface area contributed by atoms with Gasteiger partial charge < -0.3 is 10.1 Å². The summed E-state index contributed by atoms with van der Waals surface area (Å²) < 4.78 is 6.80. The monoisotopic (exact) mass is 295 g/mol. The molecule has 0 atom stereocenters. The highest BCUT2D eigenvalue weighted by molar-refractivity contribution is 7.09. The molecule has 7 heteroatoms. The van der Waals surface area contributed by atoms with Gasteiger partial charge in [0.1, 0.15) is 0 Å². The SMILES string of the molecule is COCCNCc1cn(Cc2csc(C(C)C)n2)nn1. The number of rotatable bonds is 8. The van der Waals surface area contributed by atoms with E-state index in [0.717, 1.165) is 17.9 Å². The molecule has 0 radical (unpaired) electrons. The molecule has 0 spiro atoms. The third kappa shape index (κ3) is 4.36. The van der Waals surface area contributed by atoms with Gasteiger partial charge in [0.05, 0.1) is 35.7 Å². The number of methoxy groups -OCH3 is 1. The lowest BCUT2D eigenvalue weighted by atomic mass is 10.2. The fourth-order valence-corrected chi connectivity index (χ4v) is 2.54. The maximum Gasteiger partial charge on any atom is 0.0965 e. The van der Waals surface area contributed by atoms with E-state index in [4.69, 9.17) is 4.74 Å². The third-order valence-corrected chi connectivity index (χ3v) is 3.96. The summed E-state index contributed by atoms with van der Waals surface area (Å²) in [5.74, 6) is 0.477. The number of hydrogen-bond donors (Lipinski definition) is 1. The van der Waals surface area contributed by atoms with Gasteiger partial charge in [-0.15, -0.1) is 16.4 Å². The average molecular weight is 295 g/mol. The van der Waals surface area contributed by atoms with E-state index >= 15 is 0 Å². The van der Waals surface area contributed by atoms with Crippen molar-refractivity contribution in [3.8, 4) is 0 Å². The van der Waals surface area contributed by atoms with Crippen LogP contribution in [0.25, 0.3) is 0 Å². The second kappa shape index (κ2) is 7.47. The van der Waals surface area contributed by atoms with Crippen molar-refractivity contribution in [1.82, 2.24) is 25.3 Å². The van der Waals surface area contributed by atoms with E-state index in [-0.39, 0.29) is 0 Å². The topological polar surface area (TPSA) is 64.9 Å². The molecule has 0 aromatic carbocycles. The Hall–Kier alpha value is -1.31. The van der Waals surface area contributed by atoms with Crippen molar-refractivity contribution in [3.05, 3.63) is 28.0 Å². The zero-order valence-electron chi connectivity index (χ0n) is 12.2. The van der Waals surface area contributed by atoms with Crippen LogP contribution in [0, 0.1) is 0 Å². The minimum Gasteiger partial charge on any atom is -0.383 e. The standard InChI is InChI=1S/C13H21N5OS/c1-10(2)13-15-12(9-20-13)8-18-7-11(16-17-18)6-14-4-5-19-3/h7,9-10,14H,4-6,8H2,1-3H3. The summed E-state index contributed by atoms with van der Waals surface area (Å²) in [6.45, 7) is 7.20. The minimum absolute atomic E-state index is 0.477. The van der Waals surface area contributed by atoms with Gasteiger partial charge in [-0.25, -0.2) is 9.67 Å². The van der Waals surface area contributed by atoms with Gasteiger partial charge in [0.2, 0.25) is 0 Å². The quantitative estimate of drug-likeness (QED) is 0.750. The molecule has 20 heavy (non-hydrogen) atoms. The summed E-state index contributed by atoms with van der Waals surface area (Å²) in [5.41, 5.74) is 1.97. The summed E-state index contributed by atoms with van der Waals surface area (Å²) >= 11 is 1.70. The van der Waals surface area contributed by atoms with E-state index < -0.39 is 0 Å². The molecular weight excluding hydrogens is 274 g/mol. The predicted octanol–water partition coefficient (Wildman–Crippen LogP) is 1.64. The van der Waals surface area contributed by atoms with Crippen molar-refractivity contribution in [2.75, 3.05) is 20.3 Å². The molecule has 0 amide bonds. The van der Waals surface area contributed by atoms with Crippen LogP contribution < -0.4 is 5.32 Å². The predicted molar refractivity (Wildman–Crippen MR) is 78.9 cm³/mol. The van der Waals surface area contributed by atoms with Crippen LogP contribution in [0.1, 0.15) is 36.2 Å². The van der Waals surface area contributed by atoms with Crippen LogP contribution in [0.3, 0.4) is 0 Å². The Bertz CT molecular complexity index is 522. The van der Waals surface area contributed by atoms with Crippen molar-refractivity contribution in [1.29, 1.82) is 0 Å². The van der Waals surface area contributed by atoms with Gasteiger partial charge in [0.25, 0.3) is 0 Å². The van der Waals surface area contributed by atoms with Gasteiger partial charge >= 0.3 is 0 Å². The van der Waals surface area contributed by atoms with Gasteiger partial charge in [0, 0.05) is 31.5 Å². The molecule has 1 N–H and O–H groups in total. The molecule has 0 bridgehead atoms. The Kier molecular flexibility index (Phi) is 5.63. The summed E-state index contributed by atoms with van der Waals surface area (Å²) in [7, 11) is 1.69. The van der Waals surface area contributed by atoms with E-state index in [0.29, 0.717) is 25.6 Å². The number of hydrogen-bond acceptors (Lipinski definition) is 6. The van der Waals surface area contributed by atoms with Crippen molar-refractivity contribution in [2.45, 2.75) is 32.9 Å². The second-order valence-electron chi connectivity index (χ2n) is 4.91. The molecule has 110 valence electrons. The van der Waals surface area contributed by atoms with E-state index in [1.807, 2.05) is 10.9 Å². The van der Waals surface area contributed by atoms with Crippen LogP contribution in [-0.2, 0) is 17.8 Å². The lowest BCUT2D eigenvalue weighted by molar-refractivity contribution is 0.199. The van der Waals surface area contributed by atoms with Crippen LogP contribution in [0.15, 0.2) is 11.6 Å². The number of nitrogens with zero attached hydrogens (tertiary/aromatic N) is 4. The molecule has 0 aliphatic rings. The van der Waals surface area contributed by atoms with Gasteiger partial charge in [-0.05, 0) is 0 Å². The zero-order valence-corrected chi connectivity index (χ0v) is 13.0. The Labute approximate surface area is 123 Å². The maximum absolute atomic E-state index is 4.97. The molecule has 2 aromatic rings. The van der Waals surface area contributed by atoms with Crippen LogP contribution in [-0.4, -0.2) is 40.2 Å². The van der Waals surface area contributed by atoms with Crippen molar-refractivity contribution in [2.24, 2.45) is 0 Å². The number of thiazole rings is 1. The Morgan fingerprint density at radius 3 is 2.95 bits per heavy atom. The molecule has 0 aliphatic heterocycles. The second-order valence-corrected chi connectivity index (χ2v) is 5.80. The molecule has 0 aliphatic carbocycles. The largest absolute Gasteiger partial charge is 0.383 e. The first-order chi connectivity index (χ1) is 9.69. The van der Waals surface area contributed by atoms with Gasteiger partial charge in [-0.2, -0.15) is 0 Å². The highest BCUT2D eigenvalue weighted by atomic mass is 32.1. The fourth-order valence-electron chi connectivity index (χ4n) is 1.71. The lowest BCUT2D eigenvalue weighted by Crippen LogP contribution is -2.18. The van der Waals surface area contributed by atoms with Crippen LogP contribution in [0.2, 0.25) is 0 Å². The fraction of sp³-hybridized carbons (Fsp3) is 0.615. The van der Waals surface area contributed by atoms with Crippen LogP contribution >= 0.6 is 11.3 Å². The Balaban J connectivity index is 1.85. The summed E-state index contributed by atoms with van der Waals surface area (Å²) in [4.78, 5) is 4.60. The minimum atomic E-state index is 0.477. The molecular formula is C13H21N5OS. The highest BCUT2D eigenvalue weighted by Crippen LogP contribution is 2.19. The number of nitrogens with one attached hydrogen (secondary N) is 1. The van der Waals surface area contributed by atoms with E-state index in [1.165, 1.54) is 5.01 Å². The van der Waals surface area contributed by atoms with E-state index in [9.17, 15) is 0 Å². The number of ether oxygens (including phenoxy) is 1. The normalized spacial score (nSPS) is 11.4. The lowest BCUT2D eigenvalue weighted by Gasteiger charge is -2.00. The molecule has 2 aromatic heterocycles. The first-order valence-electron chi connectivity index (χ1n) is 6.72. The van der Waals surface area contributed by atoms with E-state index in [2.05, 4.69) is 39.8 Å². The zero-order chi connectivity index (χ0) is 14.4. The summed E-state index contributed by atoms with van der Waals surface area (Å²) in [6.07, 6.45) is 1.95. The Morgan fingerprint density at radius 2 is 2.25 bits per heavy atom. The van der Waals surface area contributed by atoms with Crippen LogP contribution in [0.5, 0.6) is 0 Å². The number of aromatic nitrogens is 4. The van der Waals surface area contributed by atoms with Gasteiger partial charge in [-0.1, -0.05) is 19.1 Å². The molecule has 2 rings (SSSR count). The van der Waals surface area contributed by atoms with Crippen molar-refractivity contribution in [3.63, 3.8) is 0 Å². The maximum atomic E-state index is 4.97. The summed E-state index contributed by atoms with van der Waals surface area (Å²) in [5, 5.41) is 14.8. The van der Waals surface area contributed by atoms with Gasteiger partial charge in [-0.3, -0.25) is 0 Å². The van der Waals surface area contributed by atoms with Crippen molar-refractivity contribution >= 4 is 11.3 Å². The summed E-state index contributed by atoms with van der Waals surface area (Å²) in [6, 6.07) is 0. The van der Waals surface area contributed by atoms with Gasteiger partial charge in [0.15, 0.2) is 0 Å². The first kappa shape index (κ1) is 15.1.